The van der Waals surface area contributed by atoms with E-state index >= 15 is 0 Å². The average molecular weight is 335 g/mol. The van der Waals surface area contributed by atoms with Crippen molar-refractivity contribution >= 4 is 23.4 Å². The van der Waals surface area contributed by atoms with Crippen LogP contribution in [0.5, 0.6) is 0 Å². The fourth-order valence-electron chi connectivity index (χ4n) is 2.76. The first-order chi connectivity index (χ1) is 11.8. The molecule has 0 saturated heterocycles. The lowest BCUT2D eigenvalue weighted by atomic mass is 10.1. The first-order valence-electron chi connectivity index (χ1n) is 7.92. The second kappa shape index (κ2) is 6.53. The number of nitrogens with one attached hydrogen (secondary N) is 1. The summed E-state index contributed by atoms with van der Waals surface area (Å²) in [6.07, 6.45) is 2.48. The number of aryl methyl sites for hydroxylation is 1. The van der Waals surface area contributed by atoms with Gasteiger partial charge in [0.25, 0.3) is 0 Å². The first-order valence-corrected chi connectivity index (χ1v) is 8.91. The SMILES string of the molecule is O=C(Cc1ccccc1)Nc1ccc(-c2cn3c(n2)SCC3)cc1. The zero-order valence-corrected chi connectivity index (χ0v) is 13.9. The predicted octanol–water partition coefficient (Wildman–Crippen LogP) is 3.84. The van der Waals surface area contributed by atoms with Gasteiger partial charge in [-0.2, -0.15) is 0 Å². The van der Waals surface area contributed by atoms with Crippen molar-refractivity contribution in [2.75, 3.05) is 11.1 Å². The van der Waals surface area contributed by atoms with E-state index in [2.05, 4.69) is 21.1 Å². The minimum atomic E-state index is -0.00804. The van der Waals surface area contributed by atoms with Gasteiger partial charge in [-0.25, -0.2) is 4.98 Å². The molecule has 4 rings (SSSR count). The van der Waals surface area contributed by atoms with Crippen LogP contribution < -0.4 is 5.32 Å². The maximum absolute atomic E-state index is 12.1. The Kier molecular flexibility index (Phi) is 4.09. The van der Waals surface area contributed by atoms with Crippen LogP contribution in [-0.2, 0) is 17.8 Å². The number of carbonyl (C=O) groups excluding carboxylic acids is 1. The highest BCUT2D eigenvalue weighted by Gasteiger charge is 2.15. The maximum atomic E-state index is 12.1. The van der Waals surface area contributed by atoms with Gasteiger partial charge in [-0.05, 0) is 17.7 Å². The van der Waals surface area contributed by atoms with Crippen molar-refractivity contribution in [1.29, 1.82) is 0 Å². The van der Waals surface area contributed by atoms with Crippen molar-refractivity contribution in [3.8, 4) is 11.3 Å². The maximum Gasteiger partial charge on any atom is 0.228 e. The molecule has 24 heavy (non-hydrogen) atoms. The topological polar surface area (TPSA) is 46.9 Å². The highest BCUT2D eigenvalue weighted by molar-refractivity contribution is 7.99. The lowest BCUT2D eigenvalue weighted by molar-refractivity contribution is -0.115. The van der Waals surface area contributed by atoms with Crippen molar-refractivity contribution in [2.45, 2.75) is 18.1 Å². The summed E-state index contributed by atoms with van der Waals surface area (Å²) in [6, 6.07) is 17.6. The normalized spacial score (nSPS) is 12.8. The highest BCUT2D eigenvalue weighted by atomic mass is 32.2. The third kappa shape index (κ3) is 3.21. The standard InChI is InChI=1S/C19H17N3OS/c23-18(12-14-4-2-1-3-5-14)20-16-8-6-15(7-9-16)17-13-22-10-11-24-19(22)21-17/h1-9,13H,10-12H2,(H,20,23). The molecule has 0 unspecified atom stereocenters. The van der Waals surface area contributed by atoms with Crippen molar-refractivity contribution in [2.24, 2.45) is 0 Å². The molecule has 4 nitrogen and oxygen atoms in total. The van der Waals surface area contributed by atoms with Crippen LogP contribution >= 0.6 is 11.8 Å². The summed E-state index contributed by atoms with van der Waals surface area (Å²) in [4.78, 5) is 16.7. The van der Waals surface area contributed by atoms with E-state index in [9.17, 15) is 4.79 Å². The van der Waals surface area contributed by atoms with E-state index in [1.807, 2.05) is 54.6 Å². The van der Waals surface area contributed by atoms with E-state index < -0.39 is 0 Å². The summed E-state index contributed by atoms with van der Waals surface area (Å²) in [5, 5.41) is 4.03. The van der Waals surface area contributed by atoms with Crippen LogP contribution in [0.1, 0.15) is 5.56 Å². The molecule has 0 aliphatic carbocycles. The number of rotatable bonds is 4. The molecule has 120 valence electrons. The number of nitrogens with zero attached hydrogens (tertiary/aromatic N) is 2. The van der Waals surface area contributed by atoms with E-state index in [1.165, 1.54) is 0 Å². The number of fused-ring (bicyclic) bond motifs is 1. The molecule has 2 heterocycles. The number of hydrogen-bond donors (Lipinski definition) is 1. The molecule has 5 heteroatoms. The third-order valence-corrected chi connectivity index (χ3v) is 4.95. The van der Waals surface area contributed by atoms with E-state index in [0.29, 0.717) is 6.42 Å². The van der Waals surface area contributed by atoms with Crippen LogP contribution in [-0.4, -0.2) is 21.2 Å². The summed E-state index contributed by atoms with van der Waals surface area (Å²) >= 11 is 1.79. The zero-order valence-electron chi connectivity index (χ0n) is 13.1. The minimum absolute atomic E-state index is 0.00804. The summed E-state index contributed by atoms with van der Waals surface area (Å²) in [5.74, 6) is 1.10. The van der Waals surface area contributed by atoms with Gasteiger partial charge in [0.1, 0.15) is 0 Å². The summed E-state index contributed by atoms with van der Waals surface area (Å²) in [5.41, 5.74) is 3.87. The van der Waals surface area contributed by atoms with Gasteiger partial charge in [-0.3, -0.25) is 4.79 Å². The Balaban J connectivity index is 1.42. The first kappa shape index (κ1) is 15.0. The summed E-state index contributed by atoms with van der Waals surface area (Å²) < 4.78 is 2.19. The van der Waals surface area contributed by atoms with Crippen LogP contribution in [0.4, 0.5) is 5.69 Å². The van der Waals surface area contributed by atoms with Crippen molar-refractivity contribution in [3.05, 3.63) is 66.4 Å². The van der Waals surface area contributed by atoms with Gasteiger partial charge in [0, 0.05) is 29.7 Å². The fraction of sp³-hybridized carbons (Fsp3) is 0.158. The molecule has 1 aromatic heterocycles. The monoisotopic (exact) mass is 335 g/mol. The number of hydrogen-bond acceptors (Lipinski definition) is 3. The van der Waals surface area contributed by atoms with Crippen molar-refractivity contribution in [3.63, 3.8) is 0 Å². The largest absolute Gasteiger partial charge is 0.326 e. The quantitative estimate of drug-likeness (QED) is 0.788. The number of thioether (sulfide) groups is 1. The number of anilines is 1. The van der Waals surface area contributed by atoms with Gasteiger partial charge >= 0.3 is 0 Å². The zero-order chi connectivity index (χ0) is 16.4. The average Bonchev–Trinajstić information content (AvgIpc) is 3.18. The van der Waals surface area contributed by atoms with Crippen LogP contribution in [0.15, 0.2) is 66.0 Å². The van der Waals surface area contributed by atoms with E-state index in [4.69, 9.17) is 0 Å². The summed E-state index contributed by atoms with van der Waals surface area (Å²) in [7, 11) is 0. The van der Waals surface area contributed by atoms with Crippen molar-refractivity contribution < 1.29 is 4.79 Å². The van der Waals surface area contributed by atoms with Gasteiger partial charge in [0.15, 0.2) is 5.16 Å². The van der Waals surface area contributed by atoms with E-state index in [0.717, 1.165) is 40.0 Å². The molecule has 0 bridgehead atoms. The second-order valence-corrected chi connectivity index (χ2v) is 6.80. The molecule has 0 spiro atoms. The fourth-order valence-corrected chi connectivity index (χ4v) is 3.70. The molecule has 0 atom stereocenters. The van der Waals surface area contributed by atoms with Gasteiger partial charge < -0.3 is 9.88 Å². The molecule has 1 aliphatic heterocycles. The lowest BCUT2D eigenvalue weighted by Crippen LogP contribution is -2.14. The molecule has 1 N–H and O–H groups in total. The number of imidazole rings is 1. The van der Waals surface area contributed by atoms with Crippen LogP contribution in [0.25, 0.3) is 11.3 Å². The Morgan fingerprint density at radius 1 is 1.12 bits per heavy atom. The minimum Gasteiger partial charge on any atom is -0.326 e. The molecule has 1 aliphatic rings. The van der Waals surface area contributed by atoms with Crippen LogP contribution in [0.2, 0.25) is 0 Å². The van der Waals surface area contributed by atoms with Crippen LogP contribution in [0, 0.1) is 0 Å². The molecular weight excluding hydrogens is 318 g/mol. The lowest BCUT2D eigenvalue weighted by Gasteiger charge is -2.06. The number of benzene rings is 2. The molecule has 2 aromatic carbocycles. The molecule has 0 radical (unpaired) electrons. The molecule has 0 saturated carbocycles. The number of amides is 1. The molecule has 1 amide bonds. The third-order valence-electron chi connectivity index (χ3n) is 3.98. The van der Waals surface area contributed by atoms with Gasteiger partial charge in [0.2, 0.25) is 5.91 Å². The second-order valence-electron chi connectivity index (χ2n) is 5.74. The Labute approximate surface area is 144 Å². The highest BCUT2D eigenvalue weighted by Crippen LogP contribution is 2.29. The Bertz CT molecular complexity index is 835. The van der Waals surface area contributed by atoms with Crippen LogP contribution in [0.3, 0.4) is 0 Å². The van der Waals surface area contributed by atoms with E-state index in [-0.39, 0.29) is 5.91 Å². The number of carbonyl (C=O) groups is 1. The molecular formula is C19H17N3OS. The van der Waals surface area contributed by atoms with Gasteiger partial charge in [0.05, 0.1) is 12.1 Å². The predicted molar refractivity (Wildman–Crippen MR) is 97.2 cm³/mol. The van der Waals surface area contributed by atoms with Gasteiger partial charge in [-0.1, -0.05) is 54.2 Å². The smallest absolute Gasteiger partial charge is 0.228 e. The Morgan fingerprint density at radius 3 is 2.67 bits per heavy atom. The number of aromatic nitrogens is 2. The Morgan fingerprint density at radius 2 is 1.92 bits per heavy atom. The molecule has 3 aromatic rings. The van der Waals surface area contributed by atoms with E-state index in [1.54, 1.807) is 11.8 Å². The Hall–Kier alpha value is -2.53. The molecule has 0 fully saturated rings. The summed E-state index contributed by atoms with van der Waals surface area (Å²) in [6.45, 7) is 1.03. The van der Waals surface area contributed by atoms with Gasteiger partial charge in [-0.15, -0.1) is 0 Å². The van der Waals surface area contributed by atoms with Crippen molar-refractivity contribution in [1.82, 2.24) is 9.55 Å².